The lowest BCUT2D eigenvalue weighted by atomic mass is 9.87. The van der Waals surface area contributed by atoms with Crippen LogP contribution < -0.4 is 5.32 Å². The monoisotopic (exact) mass is 245 g/mol. The van der Waals surface area contributed by atoms with Gasteiger partial charge in [-0.15, -0.1) is 0 Å². The lowest BCUT2D eigenvalue weighted by Gasteiger charge is -2.31. The minimum absolute atomic E-state index is 0.0619. The quantitative estimate of drug-likeness (QED) is 0.883. The number of hydrogen-bond acceptors (Lipinski definition) is 2. The van der Waals surface area contributed by atoms with Crippen molar-refractivity contribution in [1.82, 2.24) is 5.32 Å². The zero-order chi connectivity index (χ0) is 12.4. The molecule has 0 amide bonds. The Morgan fingerprint density at radius 2 is 2.22 bits per heavy atom. The first-order valence-corrected chi connectivity index (χ1v) is 7.22. The van der Waals surface area contributed by atoms with E-state index in [1.807, 2.05) is 0 Å². The molecule has 1 aliphatic carbocycles. The van der Waals surface area contributed by atoms with Crippen LogP contribution in [0.1, 0.15) is 49.8 Å². The van der Waals surface area contributed by atoms with Crippen molar-refractivity contribution in [2.75, 3.05) is 13.2 Å². The van der Waals surface area contributed by atoms with Gasteiger partial charge in [0.15, 0.2) is 0 Å². The van der Waals surface area contributed by atoms with Crippen molar-refractivity contribution >= 4 is 0 Å². The molecule has 1 aromatic rings. The third-order valence-corrected chi connectivity index (χ3v) is 4.39. The number of rotatable bonds is 3. The number of ether oxygens (including phenoxy) is 1. The fraction of sp³-hybridized carbons (Fsp3) is 0.625. The molecule has 1 fully saturated rings. The Hall–Kier alpha value is -0.860. The number of aryl methyl sites for hydroxylation is 1. The summed E-state index contributed by atoms with van der Waals surface area (Å²) in [7, 11) is 0. The predicted molar refractivity (Wildman–Crippen MR) is 73.7 cm³/mol. The summed E-state index contributed by atoms with van der Waals surface area (Å²) in [6.07, 6.45) is 6.19. The number of benzene rings is 1. The molecular weight excluding hydrogens is 222 g/mol. The third kappa shape index (κ3) is 2.45. The van der Waals surface area contributed by atoms with Crippen LogP contribution in [-0.2, 0) is 11.2 Å². The van der Waals surface area contributed by atoms with E-state index < -0.39 is 0 Å². The van der Waals surface area contributed by atoms with Gasteiger partial charge in [-0.25, -0.2) is 0 Å². The van der Waals surface area contributed by atoms with Crippen molar-refractivity contribution < 1.29 is 4.74 Å². The van der Waals surface area contributed by atoms with Crippen LogP contribution in [0.3, 0.4) is 0 Å². The van der Waals surface area contributed by atoms with Crippen molar-refractivity contribution in [2.24, 2.45) is 0 Å². The standard InChI is InChI=1S/C16H23NO/c1-16(10-5-11-18-16)12-17-15-9-4-7-13-6-2-3-8-14(13)15/h2-3,6,8,15,17H,4-5,7,9-12H2,1H3. The average molecular weight is 245 g/mol. The molecule has 1 aromatic carbocycles. The van der Waals surface area contributed by atoms with E-state index in [0.717, 1.165) is 13.2 Å². The molecule has 0 spiro atoms. The van der Waals surface area contributed by atoms with Crippen molar-refractivity contribution in [3.63, 3.8) is 0 Å². The molecule has 1 saturated heterocycles. The van der Waals surface area contributed by atoms with Crippen LogP contribution in [0.15, 0.2) is 24.3 Å². The Labute approximate surface area is 110 Å². The molecule has 2 heteroatoms. The Kier molecular flexibility index (Phi) is 3.40. The topological polar surface area (TPSA) is 21.3 Å². The zero-order valence-corrected chi connectivity index (χ0v) is 11.2. The van der Waals surface area contributed by atoms with E-state index in [1.54, 1.807) is 0 Å². The van der Waals surface area contributed by atoms with E-state index >= 15 is 0 Å². The fourth-order valence-electron chi connectivity index (χ4n) is 3.28. The molecule has 2 aliphatic rings. The first kappa shape index (κ1) is 12.2. The lowest BCUT2D eigenvalue weighted by molar-refractivity contribution is 0.0183. The van der Waals surface area contributed by atoms with E-state index in [9.17, 15) is 0 Å². The molecule has 3 rings (SSSR count). The smallest absolute Gasteiger partial charge is 0.0779 e. The maximum atomic E-state index is 5.86. The van der Waals surface area contributed by atoms with Crippen molar-refractivity contribution in [2.45, 2.75) is 50.7 Å². The zero-order valence-electron chi connectivity index (χ0n) is 11.2. The first-order chi connectivity index (χ1) is 8.77. The minimum atomic E-state index is 0.0619. The normalized spacial score (nSPS) is 31.3. The van der Waals surface area contributed by atoms with Crippen LogP contribution in [0.2, 0.25) is 0 Å². The fourth-order valence-corrected chi connectivity index (χ4v) is 3.28. The van der Waals surface area contributed by atoms with Crippen LogP contribution in [0.5, 0.6) is 0 Å². The van der Waals surface area contributed by atoms with Crippen LogP contribution in [0.4, 0.5) is 0 Å². The highest BCUT2D eigenvalue weighted by Crippen LogP contribution is 2.31. The molecule has 0 radical (unpaired) electrons. The van der Waals surface area contributed by atoms with Crippen LogP contribution >= 0.6 is 0 Å². The Bertz CT molecular complexity index is 409. The first-order valence-electron chi connectivity index (χ1n) is 7.22. The van der Waals surface area contributed by atoms with Gasteiger partial charge in [0.1, 0.15) is 0 Å². The lowest BCUT2D eigenvalue weighted by Crippen LogP contribution is -2.39. The highest BCUT2D eigenvalue weighted by molar-refractivity contribution is 5.32. The van der Waals surface area contributed by atoms with Crippen molar-refractivity contribution in [3.05, 3.63) is 35.4 Å². The van der Waals surface area contributed by atoms with Crippen LogP contribution in [-0.4, -0.2) is 18.8 Å². The van der Waals surface area contributed by atoms with Gasteiger partial charge in [-0.1, -0.05) is 24.3 Å². The minimum Gasteiger partial charge on any atom is -0.374 e. The predicted octanol–water partition coefficient (Wildman–Crippen LogP) is 3.22. The molecule has 0 aromatic heterocycles. The molecule has 0 bridgehead atoms. The third-order valence-electron chi connectivity index (χ3n) is 4.39. The van der Waals surface area contributed by atoms with Crippen LogP contribution in [0, 0.1) is 0 Å². The summed E-state index contributed by atoms with van der Waals surface area (Å²) in [6.45, 7) is 4.15. The molecule has 2 nitrogen and oxygen atoms in total. The van der Waals surface area contributed by atoms with E-state index in [2.05, 4.69) is 36.5 Å². The Morgan fingerprint density at radius 3 is 3.06 bits per heavy atom. The average Bonchev–Trinajstić information content (AvgIpc) is 2.84. The van der Waals surface area contributed by atoms with Gasteiger partial charge in [-0.3, -0.25) is 0 Å². The SMILES string of the molecule is CC1(CNC2CCCc3ccccc32)CCCO1. The number of fused-ring (bicyclic) bond motifs is 1. The van der Waals surface area contributed by atoms with E-state index in [0.29, 0.717) is 6.04 Å². The second kappa shape index (κ2) is 5.02. The van der Waals surface area contributed by atoms with E-state index in [-0.39, 0.29) is 5.60 Å². The van der Waals surface area contributed by atoms with Gasteiger partial charge >= 0.3 is 0 Å². The largest absolute Gasteiger partial charge is 0.374 e. The number of hydrogen-bond donors (Lipinski definition) is 1. The van der Waals surface area contributed by atoms with Gasteiger partial charge in [0.25, 0.3) is 0 Å². The second-order valence-electron chi connectivity index (χ2n) is 5.93. The molecular formula is C16H23NO. The molecule has 1 heterocycles. The molecule has 98 valence electrons. The van der Waals surface area contributed by atoms with Crippen molar-refractivity contribution in [1.29, 1.82) is 0 Å². The van der Waals surface area contributed by atoms with Crippen LogP contribution in [0.25, 0.3) is 0 Å². The highest BCUT2D eigenvalue weighted by Gasteiger charge is 2.31. The summed E-state index contributed by atoms with van der Waals surface area (Å²) in [4.78, 5) is 0. The van der Waals surface area contributed by atoms with Gasteiger partial charge in [-0.2, -0.15) is 0 Å². The second-order valence-corrected chi connectivity index (χ2v) is 5.93. The summed E-state index contributed by atoms with van der Waals surface area (Å²) in [5.41, 5.74) is 3.09. The van der Waals surface area contributed by atoms with Gasteiger partial charge in [0, 0.05) is 19.2 Å². The molecule has 2 unspecified atom stereocenters. The van der Waals surface area contributed by atoms with E-state index in [4.69, 9.17) is 4.74 Å². The summed E-state index contributed by atoms with van der Waals surface area (Å²) in [6, 6.07) is 9.40. The molecule has 18 heavy (non-hydrogen) atoms. The van der Waals surface area contributed by atoms with Crippen molar-refractivity contribution in [3.8, 4) is 0 Å². The van der Waals surface area contributed by atoms with Gasteiger partial charge in [0.05, 0.1) is 5.60 Å². The Balaban J connectivity index is 1.67. The van der Waals surface area contributed by atoms with Gasteiger partial charge < -0.3 is 10.1 Å². The summed E-state index contributed by atoms with van der Waals surface area (Å²) in [5.74, 6) is 0. The molecule has 2 atom stereocenters. The maximum Gasteiger partial charge on any atom is 0.0779 e. The highest BCUT2D eigenvalue weighted by atomic mass is 16.5. The molecule has 0 saturated carbocycles. The molecule has 1 N–H and O–H groups in total. The summed E-state index contributed by atoms with van der Waals surface area (Å²) in [5, 5.41) is 3.74. The summed E-state index contributed by atoms with van der Waals surface area (Å²) < 4.78 is 5.86. The Morgan fingerprint density at radius 1 is 1.33 bits per heavy atom. The maximum absolute atomic E-state index is 5.86. The summed E-state index contributed by atoms with van der Waals surface area (Å²) >= 11 is 0. The molecule has 1 aliphatic heterocycles. The van der Waals surface area contributed by atoms with E-state index in [1.165, 1.54) is 43.2 Å². The van der Waals surface area contributed by atoms with Gasteiger partial charge in [-0.05, 0) is 50.2 Å². The number of nitrogens with one attached hydrogen (secondary N) is 1. The van der Waals surface area contributed by atoms with Gasteiger partial charge in [0.2, 0.25) is 0 Å².